The molecule has 124 valence electrons. The molecule has 2 N–H and O–H groups in total. The molecule has 1 saturated heterocycles. The van der Waals surface area contributed by atoms with Crippen molar-refractivity contribution >= 4 is 28.9 Å². The molecule has 1 heterocycles. The fraction of sp³-hybridized carbons (Fsp3) is 0.444. The van der Waals surface area contributed by atoms with E-state index >= 15 is 0 Å². The van der Waals surface area contributed by atoms with Crippen LogP contribution in [0.4, 0.5) is 0 Å². The summed E-state index contributed by atoms with van der Waals surface area (Å²) >= 11 is 1.15. The minimum Gasteiger partial charge on any atom is -0.494 e. The molecule has 0 saturated carbocycles. The zero-order valence-electron chi connectivity index (χ0n) is 13.6. The van der Waals surface area contributed by atoms with E-state index in [4.69, 9.17) is 10.1 Å². The van der Waals surface area contributed by atoms with E-state index in [2.05, 4.69) is 12.2 Å². The monoisotopic (exact) mass is 332 g/mol. The molecule has 0 radical (unpaired) electrons. The maximum Gasteiger partial charge on any atom is 0.264 e. The van der Waals surface area contributed by atoms with Crippen molar-refractivity contribution in [3.05, 3.63) is 34.7 Å². The van der Waals surface area contributed by atoms with E-state index in [-0.39, 0.29) is 11.1 Å². The zero-order valence-corrected chi connectivity index (χ0v) is 14.4. The minimum atomic E-state index is -0.205. The third kappa shape index (κ3) is 6.10. The third-order valence-corrected chi connectivity index (χ3v) is 4.44. The number of carbonyl (C=O) groups excluding carboxylic acids is 1. The van der Waals surface area contributed by atoms with Crippen LogP contribution in [0.1, 0.15) is 51.0 Å². The Morgan fingerprint density at radius 1 is 1.13 bits per heavy atom. The van der Waals surface area contributed by atoms with Gasteiger partial charge in [0.2, 0.25) is 0 Å². The first-order valence-electron chi connectivity index (χ1n) is 8.21. The average Bonchev–Trinajstić information content (AvgIpc) is 2.85. The Balaban J connectivity index is 1.73. The summed E-state index contributed by atoms with van der Waals surface area (Å²) in [6.07, 6.45) is 9.32. The lowest BCUT2D eigenvalue weighted by atomic mass is 10.1. The predicted molar refractivity (Wildman–Crippen MR) is 96.8 cm³/mol. The molecule has 1 aliphatic heterocycles. The number of thioether (sulfide) groups is 1. The standard InChI is InChI=1S/C18H24N2O2S/c1-2-3-4-5-6-7-12-22-15-10-8-14(9-11-15)13-16-17(21)20-18(19)23-16/h8-11,13H,2-7,12H2,1H3,(H2,19,20,21)/b16-13+. The molecule has 2 rings (SSSR count). The van der Waals surface area contributed by atoms with Crippen LogP contribution in [0.2, 0.25) is 0 Å². The second-order valence-electron chi connectivity index (χ2n) is 5.58. The summed E-state index contributed by atoms with van der Waals surface area (Å²) in [5.74, 6) is 0.653. The first-order chi connectivity index (χ1) is 11.2. The number of rotatable bonds is 9. The summed E-state index contributed by atoms with van der Waals surface area (Å²) < 4.78 is 5.74. The van der Waals surface area contributed by atoms with E-state index in [0.717, 1.165) is 36.1 Å². The van der Waals surface area contributed by atoms with Gasteiger partial charge in [-0.05, 0) is 42.0 Å². The molecule has 4 nitrogen and oxygen atoms in total. The van der Waals surface area contributed by atoms with Crippen LogP contribution < -0.4 is 10.1 Å². The molecule has 0 bridgehead atoms. The number of hydrogen-bond acceptors (Lipinski definition) is 4. The molecule has 1 fully saturated rings. The smallest absolute Gasteiger partial charge is 0.264 e. The lowest BCUT2D eigenvalue weighted by Gasteiger charge is -2.06. The highest BCUT2D eigenvalue weighted by molar-refractivity contribution is 8.18. The molecule has 1 aromatic carbocycles. The van der Waals surface area contributed by atoms with Crippen LogP contribution in [-0.4, -0.2) is 17.7 Å². The van der Waals surface area contributed by atoms with Gasteiger partial charge in [-0.2, -0.15) is 0 Å². The van der Waals surface area contributed by atoms with E-state index in [1.807, 2.05) is 24.3 Å². The summed E-state index contributed by atoms with van der Waals surface area (Å²) in [6.45, 7) is 2.98. The van der Waals surface area contributed by atoms with Crippen molar-refractivity contribution in [3.63, 3.8) is 0 Å². The second kappa shape index (κ2) is 9.40. The van der Waals surface area contributed by atoms with Crippen LogP contribution in [0.3, 0.4) is 0 Å². The summed E-state index contributed by atoms with van der Waals surface area (Å²) in [6, 6.07) is 7.71. The van der Waals surface area contributed by atoms with Crippen LogP contribution in [-0.2, 0) is 4.79 Å². The van der Waals surface area contributed by atoms with E-state index in [1.165, 1.54) is 32.1 Å². The number of ether oxygens (including phenoxy) is 1. The van der Waals surface area contributed by atoms with Gasteiger partial charge < -0.3 is 10.1 Å². The van der Waals surface area contributed by atoms with Gasteiger partial charge in [-0.25, -0.2) is 0 Å². The van der Waals surface area contributed by atoms with Gasteiger partial charge in [-0.15, -0.1) is 0 Å². The van der Waals surface area contributed by atoms with E-state index in [9.17, 15) is 4.79 Å². The molecule has 0 aliphatic carbocycles. The Morgan fingerprint density at radius 3 is 2.48 bits per heavy atom. The second-order valence-corrected chi connectivity index (χ2v) is 6.63. The Labute approximate surface area is 142 Å². The van der Waals surface area contributed by atoms with Gasteiger partial charge in [0.25, 0.3) is 5.91 Å². The van der Waals surface area contributed by atoms with Gasteiger partial charge in [0.15, 0.2) is 5.17 Å². The molecule has 1 aliphatic rings. The Kier molecular flexibility index (Phi) is 7.20. The maximum absolute atomic E-state index is 11.6. The number of nitrogens with one attached hydrogen (secondary N) is 2. The van der Waals surface area contributed by atoms with E-state index in [1.54, 1.807) is 6.08 Å². The van der Waals surface area contributed by atoms with Gasteiger partial charge in [0.1, 0.15) is 5.75 Å². The molecular weight excluding hydrogens is 308 g/mol. The maximum atomic E-state index is 11.6. The highest BCUT2D eigenvalue weighted by atomic mass is 32.2. The van der Waals surface area contributed by atoms with Crippen molar-refractivity contribution in [3.8, 4) is 5.75 Å². The van der Waals surface area contributed by atoms with Crippen molar-refractivity contribution in [1.82, 2.24) is 5.32 Å². The highest BCUT2D eigenvalue weighted by Crippen LogP contribution is 2.25. The molecule has 23 heavy (non-hydrogen) atoms. The number of amides is 1. The SMILES string of the molecule is CCCCCCCCOc1ccc(/C=C2/SC(=N)NC2=O)cc1. The largest absolute Gasteiger partial charge is 0.494 e. The quantitative estimate of drug-likeness (QED) is 0.514. The minimum absolute atomic E-state index is 0.181. The van der Waals surface area contributed by atoms with Crippen molar-refractivity contribution < 1.29 is 9.53 Å². The fourth-order valence-corrected chi connectivity index (χ4v) is 3.03. The fourth-order valence-electron chi connectivity index (χ4n) is 2.33. The van der Waals surface area contributed by atoms with E-state index in [0.29, 0.717) is 4.91 Å². The van der Waals surface area contributed by atoms with Gasteiger partial charge >= 0.3 is 0 Å². The van der Waals surface area contributed by atoms with Crippen molar-refractivity contribution in [2.45, 2.75) is 45.4 Å². The zero-order chi connectivity index (χ0) is 16.5. The van der Waals surface area contributed by atoms with Crippen LogP contribution in [0.5, 0.6) is 5.75 Å². The average molecular weight is 332 g/mol. The topological polar surface area (TPSA) is 62.2 Å². The number of carbonyl (C=O) groups is 1. The summed E-state index contributed by atoms with van der Waals surface area (Å²) in [5.41, 5.74) is 0.935. The normalized spacial score (nSPS) is 16.0. The first-order valence-corrected chi connectivity index (χ1v) is 9.03. The van der Waals surface area contributed by atoms with Crippen LogP contribution >= 0.6 is 11.8 Å². The Morgan fingerprint density at radius 2 is 1.83 bits per heavy atom. The molecule has 0 aromatic heterocycles. The third-order valence-electron chi connectivity index (χ3n) is 3.61. The Bertz CT molecular complexity index is 567. The van der Waals surface area contributed by atoms with Crippen LogP contribution in [0.15, 0.2) is 29.2 Å². The first kappa shape index (κ1) is 17.6. The van der Waals surface area contributed by atoms with Gasteiger partial charge in [0.05, 0.1) is 11.5 Å². The lowest BCUT2D eigenvalue weighted by Crippen LogP contribution is -2.18. The van der Waals surface area contributed by atoms with Crippen LogP contribution in [0, 0.1) is 5.41 Å². The molecule has 1 aromatic rings. The Hall–Kier alpha value is -1.75. The molecule has 0 atom stereocenters. The lowest BCUT2D eigenvalue weighted by molar-refractivity contribution is -0.115. The summed E-state index contributed by atoms with van der Waals surface area (Å²) in [5, 5.41) is 10.1. The van der Waals surface area contributed by atoms with Gasteiger partial charge in [-0.3, -0.25) is 10.2 Å². The van der Waals surface area contributed by atoms with Gasteiger partial charge in [-0.1, -0.05) is 51.2 Å². The van der Waals surface area contributed by atoms with Crippen molar-refractivity contribution in [1.29, 1.82) is 5.41 Å². The molecule has 0 spiro atoms. The number of benzene rings is 1. The van der Waals surface area contributed by atoms with Crippen LogP contribution in [0.25, 0.3) is 6.08 Å². The van der Waals surface area contributed by atoms with Gasteiger partial charge in [0, 0.05) is 0 Å². The predicted octanol–water partition coefficient (Wildman–Crippen LogP) is 4.56. The van der Waals surface area contributed by atoms with Crippen molar-refractivity contribution in [2.75, 3.05) is 6.61 Å². The highest BCUT2D eigenvalue weighted by Gasteiger charge is 2.21. The number of hydrogen-bond donors (Lipinski definition) is 2. The molecule has 0 unspecified atom stereocenters. The summed E-state index contributed by atoms with van der Waals surface area (Å²) in [7, 11) is 0. The molecule has 5 heteroatoms. The number of unbranched alkanes of at least 4 members (excludes halogenated alkanes) is 5. The van der Waals surface area contributed by atoms with Crippen molar-refractivity contribution in [2.24, 2.45) is 0 Å². The molecular formula is C18H24N2O2S. The van der Waals surface area contributed by atoms with E-state index < -0.39 is 0 Å². The molecule has 1 amide bonds. The summed E-state index contributed by atoms with van der Waals surface area (Å²) in [4.78, 5) is 12.1. The number of amidine groups is 1.